The van der Waals surface area contributed by atoms with E-state index in [2.05, 4.69) is 4.74 Å². The Bertz CT molecular complexity index is 463. The van der Waals surface area contributed by atoms with Gasteiger partial charge >= 0.3 is 5.97 Å². The number of hydrogen-bond donors (Lipinski definition) is 3. The third-order valence-corrected chi connectivity index (χ3v) is 2.20. The predicted octanol–water partition coefficient (Wildman–Crippen LogP) is 0.711. The summed E-state index contributed by atoms with van der Waals surface area (Å²) < 4.78 is 4.34. The monoisotopic (exact) mass is 226 g/mol. The van der Waals surface area contributed by atoms with E-state index in [1.807, 2.05) is 0 Å². The standard InChI is InChI=1S/C10H10O6/c1-4-7(12)5(3-11)9(14)6(8(4)13)10(15)16-2/h3,12-14H,1-2H3. The summed E-state index contributed by atoms with van der Waals surface area (Å²) >= 11 is 0. The van der Waals surface area contributed by atoms with Crippen molar-refractivity contribution >= 4 is 12.3 Å². The summed E-state index contributed by atoms with van der Waals surface area (Å²) in [5.74, 6) is -2.99. The number of carbonyl (C=O) groups excluding carboxylic acids is 2. The van der Waals surface area contributed by atoms with Crippen molar-refractivity contribution in [2.24, 2.45) is 0 Å². The SMILES string of the molecule is COC(=O)c1c(O)c(C)c(O)c(C=O)c1O. The molecule has 0 amide bonds. The maximum atomic E-state index is 11.2. The highest BCUT2D eigenvalue weighted by Gasteiger charge is 2.26. The van der Waals surface area contributed by atoms with Gasteiger partial charge in [-0.2, -0.15) is 0 Å². The second kappa shape index (κ2) is 4.09. The molecule has 0 heterocycles. The van der Waals surface area contributed by atoms with Gasteiger partial charge in [-0.25, -0.2) is 4.79 Å². The van der Waals surface area contributed by atoms with Crippen LogP contribution < -0.4 is 0 Å². The highest BCUT2D eigenvalue weighted by Crippen LogP contribution is 2.40. The van der Waals surface area contributed by atoms with Gasteiger partial charge in [0.05, 0.1) is 12.7 Å². The lowest BCUT2D eigenvalue weighted by Gasteiger charge is -2.11. The number of aldehydes is 1. The summed E-state index contributed by atoms with van der Waals surface area (Å²) in [4.78, 5) is 21.9. The number of esters is 1. The largest absolute Gasteiger partial charge is 0.507 e. The number of carbonyl (C=O) groups is 2. The number of phenolic OH excluding ortho intramolecular Hbond substituents is 3. The van der Waals surface area contributed by atoms with Crippen LogP contribution in [0.25, 0.3) is 0 Å². The highest BCUT2D eigenvalue weighted by atomic mass is 16.5. The minimum atomic E-state index is -0.999. The molecule has 0 saturated heterocycles. The molecule has 0 aliphatic rings. The molecule has 3 N–H and O–H groups in total. The van der Waals surface area contributed by atoms with Crippen LogP contribution in [0, 0.1) is 6.92 Å². The average Bonchev–Trinajstić information content (AvgIpc) is 2.27. The minimum absolute atomic E-state index is 0.0831. The van der Waals surface area contributed by atoms with Crippen LogP contribution in [-0.2, 0) is 4.74 Å². The molecule has 86 valence electrons. The van der Waals surface area contributed by atoms with Crippen LogP contribution in [0.3, 0.4) is 0 Å². The lowest BCUT2D eigenvalue weighted by atomic mass is 10.0. The van der Waals surface area contributed by atoms with E-state index in [1.54, 1.807) is 0 Å². The molecule has 0 radical (unpaired) electrons. The number of rotatable bonds is 2. The van der Waals surface area contributed by atoms with Crippen LogP contribution in [0.5, 0.6) is 17.2 Å². The Morgan fingerprint density at radius 3 is 2.19 bits per heavy atom. The molecule has 0 unspecified atom stereocenters. The van der Waals surface area contributed by atoms with E-state index in [0.29, 0.717) is 0 Å². The Kier molecular flexibility index (Phi) is 3.03. The van der Waals surface area contributed by atoms with E-state index >= 15 is 0 Å². The fourth-order valence-electron chi connectivity index (χ4n) is 1.27. The van der Waals surface area contributed by atoms with Gasteiger partial charge in [-0.15, -0.1) is 0 Å². The van der Waals surface area contributed by atoms with Crippen molar-refractivity contribution in [1.29, 1.82) is 0 Å². The first-order chi connectivity index (χ1) is 7.45. The molecule has 0 aliphatic carbocycles. The first-order valence-corrected chi connectivity index (χ1v) is 4.26. The van der Waals surface area contributed by atoms with Crippen LogP contribution in [0.15, 0.2) is 0 Å². The van der Waals surface area contributed by atoms with E-state index in [9.17, 15) is 24.9 Å². The Hall–Kier alpha value is -2.24. The number of hydrogen-bond acceptors (Lipinski definition) is 6. The van der Waals surface area contributed by atoms with Crippen molar-refractivity contribution in [3.05, 3.63) is 16.7 Å². The number of aromatic hydroxyl groups is 3. The van der Waals surface area contributed by atoms with Gasteiger partial charge in [0, 0.05) is 5.56 Å². The van der Waals surface area contributed by atoms with Crippen molar-refractivity contribution in [3.63, 3.8) is 0 Å². The molecule has 0 atom stereocenters. The Morgan fingerprint density at radius 1 is 1.19 bits per heavy atom. The van der Waals surface area contributed by atoms with E-state index in [-0.39, 0.29) is 11.8 Å². The number of benzene rings is 1. The average molecular weight is 226 g/mol. The maximum absolute atomic E-state index is 11.2. The Balaban J connectivity index is 3.68. The van der Waals surface area contributed by atoms with Crippen molar-refractivity contribution in [1.82, 2.24) is 0 Å². The molecule has 0 bridgehead atoms. The molecule has 0 aromatic heterocycles. The van der Waals surface area contributed by atoms with Gasteiger partial charge in [-0.05, 0) is 6.92 Å². The lowest BCUT2D eigenvalue weighted by molar-refractivity contribution is 0.0593. The summed E-state index contributed by atoms with van der Waals surface area (Å²) in [5, 5.41) is 28.5. The van der Waals surface area contributed by atoms with Gasteiger partial charge in [0.25, 0.3) is 0 Å². The third-order valence-electron chi connectivity index (χ3n) is 2.20. The van der Waals surface area contributed by atoms with Crippen LogP contribution in [0.1, 0.15) is 26.3 Å². The normalized spacial score (nSPS) is 9.88. The zero-order valence-corrected chi connectivity index (χ0v) is 8.64. The van der Waals surface area contributed by atoms with Gasteiger partial charge in [0.15, 0.2) is 6.29 Å². The fourth-order valence-corrected chi connectivity index (χ4v) is 1.27. The Morgan fingerprint density at radius 2 is 1.75 bits per heavy atom. The van der Waals surface area contributed by atoms with E-state index in [4.69, 9.17) is 0 Å². The quantitative estimate of drug-likeness (QED) is 0.506. The van der Waals surface area contributed by atoms with Crippen LogP contribution in [0.2, 0.25) is 0 Å². The van der Waals surface area contributed by atoms with E-state index in [0.717, 1.165) is 7.11 Å². The number of phenols is 3. The summed E-state index contributed by atoms with van der Waals surface area (Å²) in [7, 11) is 1.06. The van der Waals surface area contributed by atoms with Gasteiger partial charge in [0.2, 0.25) is 0 Å². The summed E-state index contributed by atoms with van der Waals surface area (Å²) in [5.41, 5.74) is -1.09. The number of methoxy groups -OCH3 is 1. The maximum Gasteiger partial charge on any atom is 0.345 e. The van der Waals surface area contributed by atoms with Crippen LogP contribution >= 0.6 is 0 Å². The van der Waals surface area contributed by atoms with Crippen LogP contribution in [0.4, 0.5) is 0 Å². The molecule has 6 heteroatoms. The first-order valence-electron chi connectivity index (χ1n) is 4.26. The van der Waals surface area contributed by atoms with Crippen molar-refractivity contribution in [2.45, 2.75) is 6.92 Å². The lowest BCUT2D eigenvalue weighted by Crippen LogP contribution is -2.05. The third kappa shape index (κ3) is 1.54. The second-order valence-corrected chi connectivity index (χ2v) is 3.07. The first kappa shape index (κ1) is 11.8. The highest BCUT2D eigenvalue weighted by molar-refractivity contribution is 6.01. The molecule has 16 heavy (non-hydrogen) atoms. The van der Waals surface area contributed by atoms with Gasteiger partial charge < -0.3 is 20.1 Å². The molecule has 0 spiro atoms. The molecule has 1 aromatic carbocycles. The van der Waals surface area contributed by atoms with Crippen LogP contribution in [-0.4, -0.2) is 34.7 Å². The molecular formula is C10H10O6. The molecule has 0 fully saturated rings. The number of ether oxygens (including phenoxy) is 1. The van der Waals surface area contributed by atoms with Crippen molar-refractivity contribution in [3.8, 4) is 17.2 Å². The minimum Gasteiger partial charge on any atom is -0.507 e. The zero-order valence-electron chi connectivity index (χ0n) is 8.64. The molecule has 1 rings (SSSR count). The van der Waals surface area contributed by atoms with Gasteiger partial charge in [-0.1, -0.05) is 0 Å². The fraction of sp³-hybridized carbons (Fsp3) is 0.200. The molecule has 0 aliphatic heterocycles. The molecule has 0 saturated carbocycles. The van der Waals surface area contributed by atoms with Crippen molar-refractivity contribution in [2.75, 3.05) is 7.11 Å². The predicted molar refractivity (Wildman–Crippen MR) is 52.9 cm³/mol. The van der Waals surface area contributed by atoms with Gasteiger partial charge in [-0.3, -0.25) is 4.79 Å². The smallest absolute Gasteiger partial charge is 0.345 e. The van der Waals surface area contributed by atoms with E-state index in [1.165, 1.54) is 6.92 Å². The summed E-state index contributed by atoms with van der Waals surface area (Å²) in [6, 6.07) is 0. The van der Waals surface area contributed by atoms with Gasteiger partial charge in [0.1, 0.15) is 22.8 Å². The topological polar surface area (TPSA) is 104 Å². The molecular weight excluding hydrogens is 216 g/mol. The Labute approximate surface area is 90.7 Å². The summed E-state index contributed by atoms with van der Waals surface area (Å²) in [6.07, 6.45) is 0.184. The van der Waals surface area contributed by atoms with E-state index < -0.39 is 34.3 Å². The summed E-state index contributed by atoms with van der Waals surface area (Å²) in [6.45, 7) is 1.30. The molecule has 6 nitrogen and oxygen atoms in total. The zero-order chi connectivity index (χ0) is 12.5. The second-order valence-electron chi connectivity index (χ2n) is 3.07. The van der Waals surface area contributed by atoms with Crippen molar-refractivity contribution < 1.29 is 29.6 Å². The molecule has 1 aromatic rings.